The second-order valence-electron chi connectivity index (χ2n) is 4.79. The number of benzene rings is 1. The molecule has 1 aromatic carbocycles. The number of carbonyl (C=O) groups is 1. The monoisotopic (exact) mass is 310 g/mol. The Kier molecular flexibility index (Phi) is 11.6. The number of rotatable bonds is 8. The van der Waals surface area contributed by atoms with Crippen LogP contribution >= 0.6 is 0 Å². The van der Waals surface area contributed by atoms with Crippen molar-refractivity contribution in [3.63, 3.8) is 0 Å². The van der Waals surface area contributed by atoms with Crippen LogP contribution in [0.15, 0.2) is 24.3 Å². The van der Waals surface area contributed by atoms with Crippen LogP contribution < -0.4 is 0 Å². The molecule has 1 atom stereocenters. The van der Waals surface area contributed by atoms with Gasteiger partial charge in [-0.05, 0) is 31.0 Å². The average molecular weight is 310 g/mol. The number of esters is 1. The zero-order valence-electron chi connectivity index (χ0n) is 13.1. The molecular formula is C17H23FO4. The molecule has 0 saturated heterocycles. The highest BCUT2D eigenvalue weighted by molar-refractivity contribution is 5.78. The summed E-state index contributed by atoms with van der Waals surface area (Å²) >= 11 is 0. The molecule has 0 bridgehead atoms. The standard InChI is InChI=1S/C16H23FO2.CO2/c1-3-5-6-7-8-15(16(18)19-4-2)13-9-11-14(17)12-10-13;2-1-3/h9-12,15H,3-8H2,1-2H3;. The highest BCUT2D eigenvalue weighted by atomic mass is 19.1. The molecular weight excluding hydrogens is 287 g/mol. The first-order chi connectivity index (χ1) is 10.6. The van der Waals surface area contributed by atoms with E-state index in [2.05, 4.69) is 6.92 Å². The van der Waals surface area contributed by atoms with Crippen molar-refractivity contribution < 1.29 is 23.5 Å². The predicted molar refractivity (Wildman–Crippen MR) is 79.5 cm³/mol. The van der Waals surface area contributed by atoms with Gasteiger partial charge in [0.1, 0.15) is 5.82 Å². The normalized spacial score (nSPS) is 10.9. The van der Waals surface area contributed by atoms with Crippen LogP contribution in [0.3, 0.4) is 0 Å². The van der Waals surface area contributed by atoms with Crippen LogP contribution in [-0.4, -0.2) is 18.7 Å². The number of unbranched alkanes of at least 4 members (excludes halogenated alkanes) is 3. The molecule has 122 valence electrons. The number of hydrogen-bond acceptors (Lipinski definition) is 4. The topological polar surface area (TPSA) is 60.4 Å². The zero-order chi connectivity index (χ0) is 16.8. The molecule has 0 aromatic heterocycles. The van der Waals surface area contributed by atoms with Gasteiger partial charge in [-0.3, -0.25) is 4.79 Å². The first kappa shape index (κ1) is 20.0. The predicted octanol–water partition coefficient (Wildman–Crippen LogP) is 3.86. The molecule has 1 aromatic rings. The molecule has 0 radical (unpaired) electrons. The first-order valence-electron chi connectivity index (χ1n) is 7.52. The fraction of sp³-hybridized carbons (Fsp3) is 0.529. The summed E-state index contributed by atoms with van der Waals surface area (Å²) in [5.74, 6) is -0.750. The zero-order valence-corrected chi connectivity index (χ0v) is 13.1. The molecule has 0 amide bonds. The fourth-order valence-corrected chi connectivity index (χ4v) is 2.13. The third kappa shape index (κ3) is 8.32. The van der Waals surface area contributed by atoms with Crippen LogP contribution in [0, 0.1) is 5.82 Å². The maximum atomic E-state index is 12.9. The van der Waals surface area contributed by atoms with Gasteiger partial charge in [-0.15, -0.1) is 0 Å². The minimum atomic E-state index is -0.280. The summed E-state index contributed by atoms with van der Waals surface area (Å²) < 4.78 is 18.0. The minimum Gasteiger partial charge on any atom is -0.466 e. The van der Waals surface area contributed by atoms with Gasteiger partial charge in [-0.1, -0.05) is 44.7 Å². The summed E-state index contributed by atoms with van der Waals surface area (Å²) in [6.45, 7) is 4.34. The molecule has 0 heterocycles. The van der Waals surface area contributed by atoms with Crippen molar-refractivity contribution in [2.45, 2.75) is 51.9 Å². The van der Waals surface area contributed by atoms with Gasteiger partial charge in [0.05, 0.1) is 12.5 Å². The van der Waals surface area contributed by atoms with Gasteiger partial charge < -0.3 is 4.74 Å². The van der Waals surface area contributed by atoms with E-state index in [4.69, 9.17) is 14.3 Å². The second-order valence-corrected chi connectivity index (χ2v) is 4.79. The Labute approximate surface area is 130 Å². The van der Waals surface area contributed by atoms with Crippen molar-refractivity contribution in [1.82, 2.24) is 0 Å². The molecule has 0 aliphatic carbocycles. The highest BCUT2D eigenvalue weighted by Gasteiger charge is 2.21. The summed E-state index contributed by atoms with van der Waals surface area (Å²) in [5, 5.41) is 0. The Morgan fingerprint density at radius 3 is 2.23 bits per heavy atom. The molecule has 4 nitrogen and oxygen atoms in total. The van der Waals surface area contributed by atoms with Crippen molar-refractivity contribution in [1.29, 1.82) is 0 Å². The largest absolute Gasteiger partial charge is 0.466 e. The van der Waals surface area contributed by atoms with Crippen molar-refractivity contribution in [2.75, 3.05) is 6.61 Å². The van der Waals surface area contributed by atoms with Crippen molar-refractivity contribution in [3.8, 4) is 0 Å². The van der Waals surface area contributed by atoms with Crippen LogP contribution in [0.1, 0.15) is 57.4 Å². The Morgan fingerprint density at radius 1 is 1.14 bits per heavy atom. The van der Waals surface area contributed by atoms with Crippen LogP contribution in [0.2, 0.25) is 0 Å². The van der Waals surface area contributed by atoms with Gasteiger partial charge in [0.2, 0.25) is 0 Å². The van der Waals surface area contributed by atoms with E-state index in [0.29, 0.717) is 6.61 Å². The quantitative estimate of drug-likeness (QED) is 0.540. The maximum absolute atomic E-state index is 12.9. The molecule has 1 rings (SSSR count). The SMILES string of the molecule is CCCCCCC(C(=O)OCC)c1ccc(F)cc1.O=C=O. The second kappa shape index (κ2) is 12.7. The highest BCUT2D eigenvalue weighted by Crippen LogP contribution is 2.24. The molecule has 0 aliphatic heterocycles. The molecule has 0 aliphatic rings. The molecule has 22 heavy (non-hydrogen) atoms. The van der Waals surface area contributed by atoms with E-state index in [9.17, 15) is 9.18 Å². The molecule has 0 saturated carbocycles. The third-order valence-electron chi connectivity index (χ3n) is 3.19. The van der Waals surface area contributed by atoms with Gasteiger partial charge in [0, 0.05) is 0 Å². The average Bonchev–Trinajstić information content (AvgIpc) is 2.50. The number of hydrogen-bond donors (Lipinski definition) is 0. The number of carbonyl (C=O) groups excluding carboxylic acids is 3. The molecule has 0 spiro atoms. The maximum Gasteiger partial charge on any atom is 0.373 e. The van der Waals surface area contributed by atoms with E-state index < -0.39 is 0 Å². The minimum absolute atomic E-state index is 0.203. The van der Waals surface area contributed by atoms with Gasteiger partial charge in [0.15, 0.2) is 0 Å². The Balaban J connectivity index is 0.00000135. The van der Waals surface area contributed by atoms with E-state index in [1.165, 1.54) is 25.0 Å². The summed E-state index contributed by atoms with van der Waals surface area (Å²) in [6, 6.07) is 6.15. The molecule has 5 heteroatoms. The van der Waals surface area contributed by atoms with Crippen molar-refractivity contribution >= 4 is 12.1 Å². The van der Waals surface area contributed by atoms with Crippen molar-refractivity contribution in [2.24, 2.45) is 0 Å². The van der Waals surface area contributed by atoms with E-state index >= 15 is 0 Å². The van der Waals surface area contributed by atoms with E-state index in [-0.39, 0.29) is 23.9 Å². The van der Waals surface area contributed by atoms with Crippen LogP contribution in [0.5, 0.6) is 0 Å². The number of ether oxygens (including phenoxy) is 1. The van der Waals surface area contributed by atoms with E-state index in [1.807, 2.05) is 0 Å². The lowest BCUT2D eigenvalue weighted by atomic mass is 9.93. The Morgan fingerprint density at radius 2 is 1.73 bits per heavy atom. The fourth-order valence-electron chi connectivity index (χ4n) is 2.13. The van der Waals surface area contributed by atoms with Gasteiger partial charge in [-0.2, -0.15) is 9.59 Å². The van der Waals surface area contributed by atoms with Gasteiger partial charge in [0.25, 0.3) is 0 Å². The summed E-state index contributed by atoms with van der Waals surface area (Å²) in [6.07, 6.45) is 5.48. The summed E-state index contributed by atoms with van der Waals surface area (Å²) in [4.78, 5) is 28.2. The first-order valence-corrected chi connectivity index (χ1v) is 7.52. The Hall–Kier alpha value is -2.00. The lowest BCUT2D eigenvalue weighted by Crippen LogP contribution is -2.16. The van der Waals surface area contributed by atoms with Gasteiger partial charge in [-0.25, -0.2) is 4.39 Å². The van der Waals surface area contributed by atoms with Crippen LogP contribution in [0.25, 0.3) is 0 Å². The summed E-state index contributed by atoms with van der Waals surface area (Å²) in [7, 11) is 0. The molecule has 1 unspecified atom stereocenters. The third-order valence-corrected chi connectivity index (χ3v) is 3.19. The van der Waals surface area contributed by atoms with E-state index in [0.717, 1.165) is 24.8 Å². The lowest BCUT2D eigenvalue weighted by Gasteiger charge is -2.16. The van der Waals surface area contributed by atoms with Crippen LogP contribution in [-0.2, 0) is 19.1 Å². The van der Waals surface area contributed by atoms with Gasteiger partial charge >= 0.3 is 12.1 Å². The van der Waals surface area contributed by atoms with Crippen molar-refractivity contribution in [3.05, 3.63) is 35.6 Å². The van der Waals surface area contributed by atoms with E-state index in [1.54, 1.807) is 19.1 Å². The molecule has 0 N–H and O–H groups in total. The Bertz CT molecular complexity index is 450. The smallest absolute Gasteiger partial charge is 0.373 e. The number of halogens is 1. The molecule has 0 fully saturated rings. The summed E-state index contributed by atoms with van der Waals surface area (Å²) in [5.41, 5.74) is 0.844. The lowest BCUT2D eigenvalue weighted by molar-refractivity contribution is -0.191. The van der Waals surface area contributed by atoms with Crippen LogP contribution in [0.4, 0.5) is 4.39 Å².